The normalized spacial score (nSPS) is 11.0. The molecule has 2 aromatic carbocycles. The van der Waals surface area contributed by atoms with Crippen LogP contribution in [0.3, 0.4) is 0 Å². The van der Waals surface area contributed by atoms with Crippen LogP contribution in [0.15, 0.2) is 60.7 Å². The van der Waals surface area contributed by atoms with Gasteiger partial charge in [0.15, 0.2) is 5.78 Å². The first-order valence-corrected chi connectivity index (χ1v) is 12.8. The second kappa shape index (κ2) is 13.6. The van der Waals surface area contributed by atoms with Crippen molar-refractivity contribution >= 4 is 17.6 Å². The van der Waals surface area contributed by atoms with Gasteiger partial charge in [-0.15, -0.1) is 0 Å². The molecule has 0 spiro atoms. The van der Waals surface area contributed by atoms with Gasteiger partial charge in [-0.3, -0.25) is 14.4 Å². The maximum absolute atomic E-state index is 13.6. The number of hydrogen-bond donors (Lipinski definition) is 1. The van der Waals surface area contributed by atoms with Gasteiger partial charge < -0.3 is 24.7 Å². The van der Waals surface area contributed by atoms with E-state index in [1.165, 1.54) is 4.90 Å². The quantitative estimate of drug-likeness (QED) is 0.253. The molecular weight excluding hydrogens is 482 g/mol. The molecule has 38 heavy (non-hydrogen) atoms. The number of carbonyl (C=O) groups is 3. The predicted molar refractivity (Wildman–Crippen MR) is 147 cm³/mol. The van der Waals surface area contributed by atoms with E-state index in [2.05, 4.69) is 0 Å². The van der Waals surface area contributed by atoms with Crippen molar-refractivity contribution < 1.29 is 23.9 Å². The summed E-state index contributed by atoms with van der Waals surface area (Å²) >= 11 is 0. The first kappa shape index (κ1) is 28.7. The molecule has 0 saturated heterocycles. The third kappa shape index (κ3) is 7.55. The molecule has 0 aliphatic rings. The van der Waals surface area contributed by atoms with Crippen molar-refractivity contribution in [3.63, 3.8) is 0 Å². The molecule has 0 saturated carbocycles. The van der Waals surface area contributed by atoms with E-state index in [0.29, 0.717) is 60.8 Å². The van der Waals surface area contributed by atoms with Crippen molar-refractivity contribution in [3.05, 3.63) is 88.7 Å². The SMILES string of the molecule is COc1ccc(C(=O)N(CCCOC(C)C)CC(=O)c2cc(C(N)=O)c(C)n2CCc2ccccc2)cc1. The second-order valence-electron chi connectivity index (χ2n) is 9.43. The summed E-state index contributed by atoms with van der Waals surface area (Å²) in [5.74, 6) is -0.479. The molecule has 0 unspecified atom stereocenters. The Morgan fingerprint density at radius 3 is 2.32 bits per heavy atom. The van der Waals surface area contributed by atoms with Crippen molar-refractivity contribution in [2.24, 2.45) is 5.73 Å². The standard InChI is InChI=1S/C30H37N3O5/c1-21(2)38-18-8-16-32(30(36)24-11-13-25(37-4)14-12-24)20-28(34)27-19-26(29(31)35)22(3)33(27)17-15-23-9-6-5-7-10-23/h5-7,9-14,19,21H,8,15-18,20H2,1-4H3,(H2,31,35). The van der Waals surface area contributed by atoms with Gasteiger partial charge in [-0.1, -0.05) is 30.3 Å². The maximum Gasteiger partial charge on any atom is 0.254 e. The van der Waals surface area contributed by atoms with Gasteiger partial charge >= 0.3 is 0 Å². The number of benzene rings is 2. The number of rotatable bonds is 14. The number of aromatic nitrogens is 1. The zero-order valence-corrected chi connectivity index (χ0v) is 22.6. The number of aryl methyl sites for hydroxylation is 1. The third-order valence-electron chi connectivity index (χ3n) is 6.37. The Balaban J connectivity index is 1.85. The zero-order chi connectivity index (χ0) is 27.7. The number of carbonyl (C=O) groups excluding carboxylic acids is 3. The second-order valence-corrected chi connectivity index (χ2v) is 9.43. The largest absolute Gasteiger partial charge is 0.497 e. The third-order valence-corrected chi connectivity index (χ3v) is 6.37. The molecule has 2 amide bonds. The van der Waals surface area contributed by atoms with Gasteiger partial charge in [-0.05, 0) is 69.5 Å². The molecule has 0 aliphatic carbocycles. The first-order chi connectivity index (χ1) is 18.2. The molecule has 0 bridgehead atoms. The van der Waals surface area contributed by atoms with Crippen LogP contribution in [0, 0.1) is 6.92 Å². The lowest BCUT2D eigenvalue weighted by molar-refractivity contribution is 0.0593. The lowest BCUT2D eigenvalue weighted by Crippen LogP contribution is -2.37. The molecular formula is C30H37N3O5. The van der Waals surface area contributed by atoms with Gasteiger partial charge in [0.1, 0.15) is 5.75 Å². The van der Waals surface area contributed by atoms with Crippen LogP contribution in [-0.4, -0.2) is 60.0 Å². The number of primary amides is 1. The Bertz CT molecular complexity index is 1230. The summed E-state index contributed by atoms with van der Waals surface area (Å²) < 4.78 is 12.7. The fourth-order valence-electron chi connectivity index (χ4n) is 4.30. The Kier molecular flexibility index (Phi) is 10.2. The minimum Gasteiger partial charge on any atom is -0.497 e. The van der Waals surface area contributed by atoms with Gasteiger partial charge in [0, 0.05) is 31.0 Å². The fraction of sp³-hybridized carbons (Fsp3) is 0.367. The van der Waals surface area contributed by atoms with Gasteiger partial charge in [-0.2, -0.15) is 0 Å². The fourth-order valence-corrected chi connectivity index (χ4v) is 4.30. The van der Waals surface area contributed by atoms with Gasteiger partial charge in [0.05, 0.1) is 31.0 Å². The van der Waals surface area contributed by atoms with E-state index >= 15 is 0 Å². The molecule has 0 aliphatic heterocycles. The lowest BCUT2D eigenvalue weighted by atomic mass is 10.1. The number of hydrogen-bond acceptors (Lipinski definition) is 5. The highest BCUT2D eigenvalue weighted by atomic mass is 16.5. The minimum atomic E-state index is -0.591. The number of ether oxygens (including phenoxy) is 2. The van der Waals surface area contributed by atoms with Crippen LogP contribution in [-0.2, 0) is 17.7 Å². The number of Topliss-reactive ketones (excluding diaryl/α,β-unsaturated/α-hetero) is 1. The molecule has 8 heteroatoms. The highest BCUT2D eigenvalue weighted by molar-refractivity contribution is 6.04. The molecule has 1 aromatic heterocycles. The van der Waals surface area contributed by atoms with Gasteiger partial charge in [0.25, 0.3) is 11.8 Å². The van der Waals surface area contributed by atoms with Crippen molar-refractivity contribution in [3.8, 4) is 5.75 Å². The summed E-state index contributed by atoms with van der Waals surface area (Å²) in [6.45, 7) is 6.86. The minimum absolute atomic E-state index is 0.0745. The molecule has 0 radical (unpaired) electrons. The van der Waals surface area contributed by atoms with Crippen molar-refractivity contribution in [2.45, 2.75) is 46.3 Å². The number of amides is 2. The summed E-state index contributed by atoms with van der Waals surface area (Å²) in [6.07, 6.45) is 1.33. The lowest BCUT2D eigenvalue weighted by Gasteiger charge is -2.23. The molecule has 202 valence electrons. The van der Waals surface area contributed by atoms with Crippen molar-refractivity contribution in [2.75, 3.05) is 26.8 Å². The highest BCUT2D eigenvalue weighted by Gasteiger charge is 2.25. The van der Waals surface area contributed by atoms with E-state index < -0.39 is 5.91 Å². The number of ketones is 1. The van der Waals surface area contributed by atoms with E-state index in [1.807, 2.05) is 48.7 Å². The van der Waals surface area contributed by atoms with Crippen molar-refractivity contribution in [1.82, 2.24) is 9.47 Å². The van der Waals surface area contributed by atoms with Gasteiger partial charge in [-0.25, -0.2) is 0 Å². The molecule has 3 aromatic rings. The molecule has 1 heterocycles. The topological polar surface area (TPSA) is 104 Å². The monoisotopic (exact) mass is 519 g/mol. The molecule has 8 nitrogen and oxygen atoms in total. The summed E-state index contributed by atoms with van der Waals surface area (Å²) in [5.41, 5.74) is 8.47. The highest BCUT2D eigenvalue weighted by Crippen LogP contribution is 2.19. The van der Waals surface area contributed by atoms with Crippen LogP contribution in [0.4, 0.5) is 0 Å². The zero-order valence-electron chi connectivity index (χ0n) is 22.6. The van der Waals surface area contributed by atoms with E-state index in [-0.39, 0.29) is 24.3 Å². The van der Waals surface area contributed by atoms with Crippen LogP contribution in [0.2, 0.25) is 0 Å². The molecule has 2 N–H and O–H groups in total. The van der Waals surface area contributed by atoms with E-state index in [4.69, 9.17) is 15.2 Å². The summed E-state index contributed by atoms with van der Waals surface area (Å²) in [6, 6.07) is 18.2. The summed E-state index contributed by atoms with van der Waals surface area (Å²) in [4.78, 5) is 40.7. The Morgan fingerprint density at radius 1 is 1.03 bits per heavy atom. The van der Waals surface area contributed by atoms with Crippen LogP contribution in [0.1, 0.15) is 62.7 Å². The first-order valence-electron chi connectivity index (χ1n) is 12.8. The molecule has 0 fully saturated rings. The van der Waals surface area contributed by atoms with Crippen LogP contribution >= 0.6 is 0 Å². The maximum atomic E-state index is 13.6. The molecule has 3 rings (SSSR count). The van der Waals surface area contributed by atoms with Gasteiger partial charge in [0.2, 0.25) is 0 Å². The summed E-state index contributed by atoms with van der Waals surface area (Å²) in [5, 5.41) is 0. The average Bonchev–Trinajstić information content (AvgIpc) is 3.25. The Morgan fingerprint density at radius 2 is 1.71 bits per heavy atom. The molecule has 0 atom stereocenters. The number of methoxy groups -OCH3 is 1. The predicted octanol–water partition coefficient (Wildman–Crippen LogP) is 4.29. The van der Waals surface area contributed by atoms with Crippen molar-refractivity contribution in [1.29, 1.82) is 0 Å². The van der Waals surface area contributed by atoms with E-state index in [0.717, 1.165) is 5.56 Å². The number of nitrogens with two attached hydrogens (primary N) is 1. The number of nitrogens with zero attached hydrogens (tertiary/aromatic N) is 2. The van der Waals surface area contributed by atoms with E-state index in [1.54, 1.807) is 44.4 Å². The van der Waals surface area contributed by atoms with E-state index in [9.17, 15) is 14.4 Å². The van der Waals surface area contributed by atoms with Crippen LogP contribution in [0.25, 0.3) is 0 Å². The average molecular weight is 520 g/mol. The van der Waals surface area contributed by atoms with Crippen LogP contribution in [0.5, 0.6) is 5.75 Å². The smallest absolute Gasteiger partial charge is 0.254 e. The van der Waals surface area contributed by atoms with Crippen LogP contribution < -0.4 is 10.5 Å². The Labute approximate surface area is 224 Å². The summed E-state index contributed by atoms with van der Waals surface area (Å²) in [7, 11) is 1.56. The Hall–Kier alpha value is -3.91.